The summed E-state index contributed by atoms with van der Waals surface area (Å²) in [7, 11) is 0. The van der Waals surface area contributed by atoms with E-state index in [1.165, 1.54) is 12.8 Å². The topological polar surface area (TPSA) is 41.1 Å². The minimum absolute atomic E-state index is 0.260. The molecule has 2 saturated carbocycles. The second-order valence-electron chi connectivity index (χ2n) is 5.69. The number of rotatable bonds is 6. The summed E-state index contributed by atoms with van der Waals surface area (Å²) in [5.41, 5.74) is 0. The van der Waals surface area contributed by atoms with Gasteiger partial charge in [0.15, 0.2) is 0 Å². The zero-order valence-electron chi connectivity index (χ0n) is 10.5. The number of carbonyl (C=O) groups is 1. The van der Waals surface area contributed by atoms with E-state index in [4.69, 9.17) is 0 Å². The number of hydrogen-bond donors (Lipinski definition) is 2. The Bertz CT molecular complexity index is 242. The summed E-state index contributed by atoms with van der Waals surface area (Å²) in [5.74, 6) is 2.34. The van der Waals surface area contributed by atoms with Gasteiger partial charge in [0.2, 0.25) is 5.91 Å². The third-order valence-electron chi connectivity index (χ3n) is 3.92. The van der Waals surface area contributed by atoms with Gasteiger partial charge < -0.3 is 10.6 Å². The molecular formula is C13H24N2O. The van der Waals surface area contributed by atoms with Crippen molar-refractivity contribution in [2.45, 2.75) is 45.6 Å². The second-order valence-corrected chi connectivity index (χ2v) is 5.69. The van der Waals surface area contributed by atoms with E-state index < -0.39 is 0 Å². The van der Waals surface area contributed by atoms with Crippen LogP contribution >= 0.6 is 0 Å². The summed E-state index contributed by atoms with van der Waals surface area (Å²) >= 11 is 0. The smallest absolute Gasteiger partial charge is 0.223 e. The van der Waals surface area contributed by atoms with Crippen LogP contribution in [0.25, 0.3) is 0 Å². The van der Waals surface area contributed by atoms with Crippen molar-refractivity contribution in [1.82, 2.24) is 10.6 Å². The van der Waals surface area contributed by atoms with Gasteiger partial charge in [-0.05, 0) is 37.5 Å². The van der Waals surface area contributed by atoms with Gasteiger partial charge in [0.1, 0.15) is 0 Å². The highest BCUT2D eigenvalue weighted by Crippen LogP contribution is 2.33. The van der Waals surface area contributed by atoms with Crippen LogP contribution in [0.5, 0.6) is 0 Å². The third kappa shape index (κ3) is 3.21. The monoisotopic (exact) mass is 224 g/mol. The highest BCUT2D eigenvalue weighted by molar-refractivity contribution is 5.80. The summed E-state index contributed by atoms with van der Waals surface area (Å²) in [6, 6.07) is 0.699. The molecule has 2 fully saturated rings. The average molecular weight is 224 g/mol. The highest BCUT2D eigenvalue weighted by Gasteiger charge is 2.31. The van der Waals surface area contributed by atoms with Crippen LogP contribution in [0.15, 0.2) is 0 Å². The van der Waals surface area contributed by atoms with E-state index in [0.29, 0.717) is 12.0 Å². The summed E-state index contributed by atoms with van der Waals surface area (Å²) in [4.78, 5) is 11.3. The van der Waals surface area contributed by atoms with Crippen molar-refractivity contribution in [3.05, 3.63) is 0 Å². The predicted octanol–water partition coefficient (Wildman–Crippen LogP) is 1.54. The lowest BCUT2D eigenvalue weighted by Gasteiger charge is -2.38. The largest absolute Gasteiger partial charge is 0.355 e. The fraction of sp³-hybridized carbons (Fsp3) is 0.923. The minimum atomic E-state index is 0.260. The fourth-order valence-electron chi connectivity index (χ4n) is 2.32. The quantitative estimate of drug-likeness (QED) is 0.672. The molecular weight excluding hydrogens is 200 g/mol. The summed E-state index contributed by atoms with van der Waals surface area (Å²) in [6.45, 7) is 6.32. The Morgan fingerprint density at radius 3 is 2.50 bits per heavy atom. The number of nitrogens with one attached hydrogen (secondary N) is 2. The van der Waals surface area contributed by atoms with Crippen molar-refractivity contribution in [2.24, 2.45) is 17.8 Å². The van der Waals surface area contributed by atoms with Crippen LogP contribution in [0.3, 0.4) is 0 Å². The van der Waals surface area contributed by atoms with E-state index in [1.54, 1.807) is 0 Å². The first kappa shape index (κ1) is 11.9. The molecule has 2 rings (SSSR count). The van der Waals surface area contributed by atoms with Gasteiger partial charge in [-0.2, -0.15) is 0 Å². The Balaban J connectivity index is 1.45. The van der Waals surface area contributed by atoms with Gasteiger partial charge in [-0.1, -0.05) is 13.8 Å². The van der Waals surface area contributed by atoms with E-state index in [9.17, 15) is 4.79 Å². The first-order valence-electron chi connectivity index (χ1n) is 6.68. The Morgan fingerprint density at radius 1 is 1.25 bits per heavy atom. The molecule has 16 heavy (non-hydrogen) atoms. The molecule has 0 atom stereocenters. The molecule has 0 aliphatic heterocycles. The number of amides is 1. The van der Waals surface area contributed by atoms with Gasteiger partial charge in [0.05, 0.1) is 0 Å². The molecule has 0 aromatic carbocycles. The third-order valence-corrected chi connectivity index (χ3v) is 3.92. The first-order valence-corrected chi connectivity index (χ1v) is 6.68. The molecule has 0 saturated heterocycles. The van der Waals surface area contributed by atoms with Crippen LogP contribution in [0.2, 0.25) is 0 Å². The lowest BCUT2D eigenvalue weighted by Crippen LogP contribution is -2.45. The van der Waals surface area contributed by atoms with Crippen molar-refractivity contribution in [2.75, 3.05) is 13.1 Å². The van der Waals surface area contributed by atoms with Crippen molar-refractivity contribution in [3.8, 4) is 0 Å². The Labute approximate surface area is 98.4 Å². The van der Waals surface area contributed by atoms with Crippen LogP contribution in [0, 0.1) is 17.8 Å². The van der Waals surface area contributed by atoms with E-state index in [0.717, 1.165) is 37.8 Å². The molecule has 2 N–H and O–H groups in total. The van der Waals surface area contributed by atoms with E-state index in [1.807, 2.05) is 0 Å². The zero-order chi connectivity index (χ0) is 11.5. The lowest BCUT2D eigenvalue weighted by molar-refractivity contribution is -0.122. The molecule has 0 aromatic heterocycles. The number of hydrogen-bond acceptors (Lipinski definition) is 2. The van der Waals surface area contributed by atoms with Gasteiger partial charge in [0.25, 0.3) is 0 Å². The Kier molecular flexibility index (Phi) is 3.85. The molecule has 0 radical (unpaired) electrons. The van der Waals surface area contributed by atoms with E-state index >= 15 is 0 Å². The maximum atomic E-state index is 11.3. The average Bonchev–Trinajstić information content (AvgIpc) is 2.96. The van der Waals surface area contributed by atoms with Gasteiger partial charge in [0, 0.05) is 25.0 Å². The molecule has 0 unspecified atom stereocenters. The molecule has 0 spiro atoms. The standard InChI is InChI=1S/C13H24N2O/c1-9(2)11-7-12(8-11)14-5-6-15-13(16)10-3-4-10/h9-12,14H,3-8H2,1-2H3,(H,15,16). The van der Waals surface area contributed by atoms with E-state index in [2.05, 4.69) is 24.5 Å². The maximum Gasteiger partial charge on any atom is 0.223 e. The van der Waals surface area contributed by atoms with Crippen molar-refractivity contribution in [3.63, 3.8) is 0 Å². The van der Waals surface area contributed by atoms with Crippen molar-refractivity contribution < 1.29 is 4.79 Å². The van der Waals surface area contributed by atoms with Crippen LogP contribution in [-0.2, 0) is 4.79 Å². The van der Waals surface area contributed by atoms with Crippen LogP contribution < -0.4 is 10.6 Å². The second kappa shape index (κ2) is 5.17. The summed E-state index contributed by atoms with van der Waals surface area (Å²) in [5, 5.41) is 6.48. The van der Waals surface area contributed by atoms with Gasteiger partial charge in [-0.25, -0.2) is 0 Å². The summed E-state index contributed by atoms with van der Waals surface area (Å²) < 4.78 is 0. The SMILES string of the molecule is CC(C)C1CC(NCCNC(=O)C2CC2)C1. The zero-order valence-corrected chi connectivity index (χ0v) is 10.5. The molecule has 2 aliphatic carbocycles. The first-order chi connectivity index (χ1) is 7.66. The van der Waals surface area contributed by atoms with Crippen molar-refractivity contribution in [1.29, 1.82) is 0 Å². The molecule has 3 nitrogen and oxygen atoms in total. The van der Waals surface area contributed by atoms with E-state index in [-0.39, 0.29) is 5.91 Å². The molecule has 3 heteroatoms. The van der Waals surface area contributed by atoms with Crippen LogP contribution in [0.4, 0.5) is 0 Å². The normalized spacial score (nSPS) is 28.9. The fourth-order valence-corrected chi connectivity index (χ4v) is 2.32. The van der Waals surface area contributed by atoms with Crippen LogP contribution in [0.1, 0.15) is 39.5 Å². The van der Waals surface area contributed by atoms with Crippen LogP contribution in [-0.4, -0.2) is 25.0 Å². The molecule has 0 heterocycles. The van der Waals surface area contributed by atoms with Crippen molar-refractivity contribution >= 4 is 5.91 Å². The minimum Gasteiger partial charge on any atom is -0.355 e. The Morgan fingerprint density at radius 2 is 1.94 bits per heavy atom. The molecule has 0 aromatic rings. The summed E-state index contributed by atoms with van der Waals surface area (Å²) in [6.07, 6.45) is 4.82. The molecule has 0 bridgehead atoms. The molecule has 1 amide bonds. The number of carbonyl (C=O) groups excluding carboxylic acids is 1. The Hall–Kier alpha value is -0.570. The predicted molar refractivity (Wildman–Crippen MR) is 65.1 cm³/mol. The molecule has 92 valence electrons. The van der Waals surface area contributed by atoms with Gasteiger partial charge >= 0.3 is 0 Å². The van der Waals surface area contributed by atoms with Gasteiger partial charge in [-0.15, -0.1) is 0 Å². The highest BCUT2D eigenvalue weighted by atomic mass is 16.2. The maximum absolute atomic E-state index is 11.3. The lowest BCUT2D eigenvalue weighted by atomic mass is 9.74. The van der Waals surface area contributed by atoms with Gasteiger partial charge in [-0.3, -0.25) is 4.79 Å². The molecule has 2 aliphatic rings.